The number of rotatable bonds is 1. The Morgan fingerprint density at radius 2 is 2.38 bits per heavy atom. The summed E-state index contributed by atoms with van der Waals surface area (Å²) in [6.45, 7) is 1.69. The van der Waals surface area contributed by atoms with Gasteiger partial charge >= 0.3 is 0 Å². The van der Waals surface area contributed by atoms with Crippen molar-refractivity contribution in [1.29, 1.82) is 5.26 Å². The molecule has 0 N–H and O–H groups in total. The average Bonchev–Trinajstić information content (AvgIpc) is 1.67. The van der Waals surface area contributed by atoms with Crippen molar-refractivity contribution in [2.24, 2.45) is 0 Å². The van der Waals surface area contributed by atoms with Crippen LogP contribution < -0.4 is 0 Å². The summed E-state index contributed by atoms with van der Waals surface area (Å²) in [7, 11) is 0. The predicted octanol–water partition coefficient (Wildman–Crippen LogP) is 1.22. The molecule has 0 fully saturated rings. The second-order valence-electron chi connectivity index (χ2n) is 1.77. The molecule has 0 aliphatic heterocycles. The quantitative estimate of drug-likeness (QED) is 0.413. The van der Waals surface area contributed by atoms with Crippen molar-refractivity contribution in [2.75, 3.05) is 0 Å². The maximum Gasteiger partial charge on any atom is 0.108 e. The summed E-state index contributed by atoms with van der Waals surface area (Å²) in [5.41, 5.74) is 0. The molecule has 0 aromatic carbocycles. The highest BCUT2D eigenvalue weighted by Crippen LogP contribution is 2.14. The topological polar surface area (TPSA) is 23.8 Å². The second kappa shape index (κ2) is 2.64. The third-order valence-electron chi connectivity index (χ3n) is 0.687. The number of thiol groups is 1. The fourth-order valence-corrected chi connectivity index (χ4v) is 0.330. The van der Waals surface area contributed by atoms with E-state index in [0.29, 0.717) is 6.42 Å². The van der Waals surface area contributed by atoms with Crippen LogP contribution in [0.1, 0.15) is 13.3 Å². The molecule has 1 atom stereocenters. The summed E-state index contributed by atoms with van der Waals surface area (Å²) in [6, 6.07) is 1.96. The van der Waals surface area contributed by atoms with Crippen LogP contribution in [0.25, 0.3) is 0 Å². The fraction of sp³-hybridized carbons (Fsp3) is 0.500. The Kier molecular flexibility index (Phi) is 2.45. The smallest absolute Gasteiger partial charge is 0.108 e. The minimum atomic E-state index is -0.644. The fourth-order valence-electron chi connectivity index (χ4n) is 0.238. The Morgan fingerprint density at radius 3 is 2.50 bits per heavy atom. The molecule has 0 aromatic heterocycles. The van der Waals surface area contributed by atoms with E-state index in [0.717, 1.165) is 0 Å². The lowest BCUT2D eigenvalue weighted by molar-refractivity contribution is 0.846. The van der Waals surface area contributed by atoms with Crippen molar-refractivity contribution in [3.8, 4) is 18.4 Å². The van der Waals surface area contributed by atoms with Crippen LogP contribution in [0.15, 0.2) is 0 Å². The van der Waals surface area contributed by atoms with Gasteiger partial charge in [-0.25, -0.2) is 0 Å². The molecule has 0 aromatic rings. The number of hydrogen-bond donors (Lipinski definition) is 1. The molecule has 0 saturated carbocycles. The SMILES string of the molecule is C#CCC(C)(S)C#N. The van der Waals surface area contributed by atoms with Crippen molar-refractivity contribution in [3.63, 3.8) is 0 Å². The van der Waals surface area contributed by atoms with Crippen LogP contribution in [0.2, 0.25) is 0 Å². The van der Waals surface area contributed by atoms with Gasteiger partial charge in [-0.05, 0) is 6.92 Å². The van der Waals surface area contributed by atoms with E-state index >= 15 is 0 Å². The van der Waals surface area contributed by atoms with E-state index in [1.807, 2.05) is 6.07 Å². The first-order valence-electron chi connectivity index (χ1n) is 2.19. The van der Waals surface area contributed by atoms with Gasteiger partial charge in [0.2, 0.25) is 0 Å². The van der Waals surface area contributed by atoms with E-state index in [4.69, 9.17) is 11.7 Å². The summed E-state index contributed by atoms with van der Waals surface area (Å²) in [5.74, 6) is 2.36. The first-order chi connectivity index (χ1) is 3.62. The zero-order valence-electron chi connectivity index (χ0n) is 4.68. The van der Waals surface area contributed by atoms with Crippen molar-refractivity contribution < 1.29 is 0 Å². The summed E-state index contributed by atoms with van der Waals surface area (Å²) >= 11 is 3.96. The monoisotopic (exact) mass is 125 g/mol. The van der Waals surface area contributed by atoms with E-state index in [2.05, 4.69) is 18.5 Å². The molecule has 0 saturated heterocycles. The first kappa shape index (κ1) is 7.40. The lowest BCUT2D eigenvalue weighted by Gasteiger charge is -2.06. The first-order valence-corrected chi connectivity index (χ1v) is 2.64. The predicted molar refractivity (Wildman–Crippen MR) is 36.5 cm³/mol. The molecule has 0 spiro atoms. The maximum absolute atomic E-state index is 8.30. The maximum atomic E-state index is 8.30. The Balaban J connectivity index is 3.82. The molecule has 0 aliphatic carbocycles. The van der Waals surface area contributed by atoms with Gasteiger partial charge < -0.3 is 0 Å². The molecule has 2 heteroatoms. The van der Waals surface area contributed by atoms with Crippen LogP contribution >= 0.6 is 12.6 Å². The van der Waals surface area contributed by atoms with Crippen LogP contribution in [0, 0.1) is 23.7 Å². The van der Waals surface area contributed by atoms with E-state index < -0.39 is 4.75 Å². The zero-order valence-corrected chi connectivity index (χ0v) is 5.57. The third-order valence-corrected chi connectivity index (χ3v) is 0.945. The summed E-state index contributed by atoms with van der Waals surface area (Å²) < 4.78 is -0.644. The highest BCUT2D eigenvalue weighted by atomic mass is 32.1. The van der Waals surface area contributed by atoms with Crippen molar-refractivity contribution >= 4 is 12.6 Å². The van der Waals surface area contributed by atoms with Gasteiger partial charge in [0, 0.05) is 6.42 Å². The zero-order chi connectivity index (χ0) is 6.62. The molecule has 0 bridgehead atoms. The molecule has 0 amide bonds. The standard InChI is InChI=1S/C6H7NS/c1-3-4-6(2,8)5-7/h1,8H,4H2,2H3. The molecular weight excluding hydrogens is 118 g/mol. The number of nitriles is 1. The molecule has 1 nitrogen and oxygen atoms in total. The normalized spacial score (nSPS) is 15.5. The lowest BCUT2D eigenvalue weighted by Crippen LogP contribution is -2.10. The Bertz CT molecular complexity index is 147. The van der Waals surface area contributed by atoms with Gasteiger partial charge in [0.05, 0.1) is 6.07 Å². The van der Waals surface area contributed by atoms with Crippen LogP contribution in [0.5, 0.6) is 0 Å². The summed E-state index contributed by atoms with van der Waals surface area (Å²) in [6.07, 6.45) is 5.34. The Labute approximate surface area is 55.1 Å². The average molecular weight is 125 g/mol. The number of nitrogens with zero attached hydrogens (tertiary/aromatic N) is 1. The van der Waals surface area contributed by atoms with Gasteiger partial charge in [0.25, 0.3) is 0 Å². The minimum Gasteiger partial charge on any atom is -0.197 e. The Hall–Kier alpha value is -0.600. The van der Waals surface area contributed by atoms with Gasteiger partial charge in [0.15, 0.2) is 0 Å². The van der Waals surface area contributed by atoms with Crippen LogP contribution in [0.4, 0.5) is 0 Å². The van der Waals surface area contributed by atoms with E-state index in [9.17, 15) is 0 Å². The summed E-state index contributed by atoms with van der Waals surface area (Å²) in [4.78, 5) is 0. The molecule has 0 radical (unpaired) electrons. The highest BCUT2D eigenvalue weighted by Gasteiger charge is 2.14. The van der Waals surface area contributed by atoms with Crippen LogP contribution in [-0.4, -0.2) is 4.75 Å². The van der Waals surface area contributed by atoms with Crippen LogP contribution in [0.3, 0.4) is 0 Å². The molecule has 0 heterocycles. The molecule has 0 aliphatic rings. The molecule has 8 heavy (non-hydrogen) atoms. The lowest BCUT2D eigenvalue weighted by atomic mass is 10.1. The minimum absolute atomic E-state index is 0.395. The van der Waals surface area contributed by atoms with E-state index in [1.165, 1.54) is 0 Å². The van der Waals surface area contributed by atoms with Gasteiger partial charge in [-0.1, -0.05) is 0 Å². The molecular formula is C6H7NS. The van der Waals surface area contributed by atoms with Crippen molar-refractivity contribution in [1.82, 2.24) is 0 Å². The summed E-state index contributed by atoms with van der Waals surface area (Å²) in [5, 5.41) is 8.30. The van der Waals surface area contributed by atoms with Gasteiger partial charge in [-0.2, -0.15) is 17.9 Å². The largest absolute Gasteiger partial charge is 0.197 e. The second-order valence-corrected chi connectivity index (χ2v) is 2.75. The van der Waals surface area contributed by atoms with E-state index in [1.54, 1.807) is 6.92 Å². The van der Waals surface area contributed by atoms with E-state index in [-0.39, 0.29) is 0 Å². The van der Waals surface area contributed by atoms with Crippen LogP contribution in [-0.2, 0) is 0 Å². The third kappa shape index (κ3) is 2.55. The Morgan fingerprint density at radius 1 is 1.88 bits per heavy atom. The number of terminal acetylenes is 1. The van der Waals surface area contributed by atoms with Gasteiger partial charge in [-0.15, -0.1) is 12.3 Å². The van der Waals surface area contributed by atoms with Gasteiger partial charge in [0.1, 0.15) is 4.75 Å². The van der Waals surface area contributed by atoms with Crippen molar-refractivity contribution in [2.45, 2.75) is 18.1 Å². The molecule has 0 rings (SSSR count). The molecule has 1 unspecified atom stereocenters. The molecule has 42 valence electrons. The van der Waals surface area contributed by atoms with Gasteiger partial charge in [-0.3, -0.25) is 0 Å². The highest BCUT2D eigenvalue weighted by molar-refractivity contribution is 7.82. The van der Waals surface area contributed by atoms with Crippen molar-refractivity contribution in [3.05, 3.63) is 0 Å². The number of hydrogen-bond acceptors (Lipinski definition) is 2.